The highest BCUT2D eigenvalue weighted by Gasteiger charge is 1.87. The highest BCUT2D eigenvalue weighted by Crippen LogP contribution is 1.92. The molecule has 5 heavy (non-hydrogen) atoms. The van der Waals surface area contributed by atoms with Gasteiger partial charge in [-0.1, -0.05) is 0 Å². The molecule has 1 heterocycles. The predicted molar refractivity (Wildman–Crippen MR) is 22.5 cm³/mol. The third-order valence-corrected chi connectivity index (χ3v) is 1.69. The summed E-state index contributed by atoms with van der Waals surface area (Å²) in [7, 11) is 0.934. The molecule has 0 atom stereocenters. The van der Waals surface area contributed by atoms with Crippen LogP contribution in [0.4, 0.5) is 0 Å². The van der Waals surface area contributed by atoms with Crippen LogP contribution in [-0.2, 0) is 0 Å². The molecule has 0 spiro atoms. The van der Waals surface area contributed by atoms with Crippen molar-refractivity contribution in [2.45, 2.75) is 12.5 Å². The van der Waals surface area contributed by atoms with E-state index in [9.17, 15) is 0 Å². The van der Waals surface area contributed by atoms with Crippen LogP contribution in [0.25, 0.3) is 0 Å². The topological polar surface area (TPSA) is 12.4 Å². The molecule has 0 aromatic heterocycles. The Kier molecular flexibility index (Phi) is 0.934. The minimum Gasteiger partial charge on any atom is -0.335 e. The fraction of sp³-hybridized carbons (Fsp3) is 1.00. The lowest BCUT2D eigenvalue weighted by Crippen LogP contribution is -1.61. The summed E-state index contributed by atoms with van der Waals surface area (Å²) in [6.07, 6.45) is 1.35. The first-order valence-electron chi connectivity index (χ1n) is 1.89. The third kappa shape index (κ3) is 0.649. The summed E-state index contributed by atoms with van der Waals surface area (Å²) in [5, 5.41) is 0. The van der Waals surface area contributed by atoms with Gasteiger partial charge in [-0.2, -0.15) is 0 Å². The lowest BCUT2D eigenvalue weighted by Gasteiger charge is -1.68. The molecule has 2 heteroatoms. The van der Waals surface area contributed by atoms with Crippen molar-refractivity contribution in [2.24, 2.45) is 4.63 Å². The fourth-order valence-corrected chi connectivity index (χ4v) is 1.19. The maximum absolute atomic E-state index is 4.11. The van der Waals surface area contributed by atoms with Crippen LogP contribution in [0.5, 0.6) is 0 Å². The summed E-state index contributed by atoms with van der Waals surface area (Å²) in [5.74, 6) is 0. The van der Waals surface area contributed by atoms with Crippen molar-refractivity contribution < 1.29 is 0 Å². The van der Waals surface area contributed by atoms with E-state index in [-0.39, 0.29) is 0 Å². The van der Waals surface area contributed by atoms with E-state index in [1.807, 2.05) is 0 Å². The predicted octanol–water partition coefficient (Wildman–Crippen LogP) is 0.696. The second kappa shape index (κ2) is 1.45. The largest absolute Gasteiger partial charge is 0.335 e. The quantitative estimate of drug-likeness (QED) is 0.383. The van der Waals surface area contributed by atoms with E-state index >= 15 is 0 Å². The Bertz CT molecular complexity index is 44.9. The van der Waals surface area contributed by atoms with Gasteiger partial charge in [0, 0.05) is 6.54 Å². The maximum Gasteiger partial charge on any atom is 0.149 e. The smallest absolute Gasteiger partial charge is 0.149 e. The summed E-state index contributed by atoms with van der Waals surface area (Å²) in [6, 6.07) is 1.36. The minimum atomic E-state index is 0.934. The first kappa shape index (κ1) is 3.22. The minimum absolute atomic E-state index is 0.934. The van der Waals surface area contributed by atoms with Gasteiger partial charge >= 0.3 is 0 Å². The average Bonchev–Trinajstić information content (AvgIpc) is 1.76. The van der Waals surface area contributed by atoms with Gasteiger partial charge in [0.25, 0.3) is 0 Å². The Morgan fingerprint density at radius 1 is 1.60 bits per heavy atom. The maximum atomic E-state index is 4.11. The van der Waals surface area contributed by atoms with E-state index in [2.05, 4.69) is 4.63 Å². The SMILES string of the molecule is C1CN=[Si]C1. The number of hydrogen-bond acceptors (Lipinski definition) is 1. The lowest BCUT2D eigenvalue weighted by atomic mass is 10.5. The molecule has 0 aromatic rings. The molecule has 1 nitrogen and oxygen atoms in total. The van der Waals surface area contributed by atoms with Crippen LogP contribution in [-0.4, -0.2) is 15.9 Å². The van der Waals surface area contributed by atoms with Gasteiger partial charge < -0.3 is 4.63 Å². The van der Waals surface area contributed by atoms with Crippen LogP contribution < -0.4 is 0 Å². The Hall–Kier alpha value is 0.0169. The van der Waals surface area contributed by atoms with Gasteiger partial charge in [0.15, 0.2) is 0 Å². The standard InChI is InChI=1S/C3H6NSi/c1-2-4-5-3-1/h1-3H2. The zero-order valence-corrected chi connectivity index (χ0v) is 4.07. The molecule has 0 bridgehead atoms. The summed E-state index contributed by atoms with van der Waals surface area (Å²) in [6.45, 7) is 1.14. The zero-order chi connectivity index (χ0) is 3.54. The van der Waals surface area contributed by atoms with Crippen molar-refractivity contribution >= 4 is 9.31 Å². The van der Waals surface area contributed by atoms with E-state index in [4.69, 9.17) is 0 Å². The molecule has 1 radical (unpaired) electrons. The fourth-order valence-electron chi connectivity index (χ4n) is 0.395. The van der Waals surface area contributed by atoms with Gasteiger partial charge in [0.2, 0.25) is 0 Å². The molecule has 0 saturated carbocycles. The molecule has 0 unspecified atom stereocenters. The van der Waals surface area contributed by atoms with Crippen molar-refractivity contribution in [1.29, 1.82) is 0 Å². The van der Waals surface area contributed by atoms with Crippen LogP contribution in [0.15, 0.2) is 4.63 Å². The number of nitrogens with zero attached hydrogens (tertiary/aromatic N) is 1. The summed E-state index contributed by atoms with van der Waals surface area (Å²) in [5.41, 5.74) is 0. The molecule has 1 aliphatic rings. The Morgan fingerprint density at radius 3 is 2.80 bits per heavy atom. The van der Waals surface area contributed by atoms with E-state index in [1.165, 1.54) is 12.5 Å². The molecule has 1 aliphatic heterocycles. The summed E-state index contributed by atoms with van der Waals surface area (Å²) < 4.78 is 4.11. The zero-order valence-electron chi connectivity index (χ0n) is 3.07. The molecule has 0 aromatic carbocycles. The molecule has 0 aliphatic carbocycles. The molecule has 0 amide bonds. The van der Waals surface area contributed by atoms with Crippen molar-refractivity contribution in [1.82, 2.24) is 0 Å². The molecule has 0 saturated heterocycles. The first-order valence-corrected chi connectivity index (χ1v) is 3.05. The molecule has 0 fully saturated rings. The molecular weight excluding hydrogens is 78.1 g/mol. The average molecular weight is 84.2 g/mol. The van der Waals surface area contributed by atoms with E-state index in [0.29, 0.717) is 0 Å². The van der Waals surface area contributed by atoms with Crippen LogP contribution in [0.3, 0.4) is 0 Å². The van der Waals surface area contributed by atoms with E-state index in [0.717, 1.165) is 15.9 Å². The van der Waals surface area contributed by atoms with Crippen LogP contribution in [0.2, 0.25) is 6.04 Å². The van der Waals surface area contributed by atoms with Crippen molar-refractivity contribution in [3.8, 4) is 0 Å². The van der Waals surface area contributed by atoms with Gasteiger partial charge in [-0.15, -0.1) is 0 Å². The van der Waals surface area contributed by atoms with Gasteiger partial charge in [0.05, 0.1) is 0 Å². The number of rotatable bonds is 0. The van der Waals surface area contributed by atoms with Gasteiger partial charge in [-0.25, -0.2) is 0 Å². The van der Waals surface area contributed by atoms with E-state index in [1.54, 1.807) is 0 Å². The highest BCUT2D eigenvalue weighted by atomic mass is 28.2. The molecule has 27 valence electrons. The van der Waals surface area contributed by atoms with Gasteiger partial charge in [-0.05, 0) is 12.5 Å². The van der Waals surface area contributed by atoms with Gasteiger partial charge in [0.1, 0.15) is 9.31 Å². The van der Waals surface area contributed by atoms with Crippen LogP contribution in [0, 0.1) is 0 Å². The highest BCUT2D eigenvalue weighted by molar-refractivity contribution is 6.22. The summed E-state index contributed by atoms with van der Waals surface area (Å²) >= 11 is 0. The monoisotopic (exact) mass is 84.0 g/mol. The van der Waals surface area contributed by atoms with E-state index < -0.39 is 0 Å². The van der Waals surface area contributed by atoms with Crippen molar-refractivity contribution in [3.05, 3.63) is 0 Å². The van der Waals surface area contributed by atoms with Crippen LogP contribution in [0.1, 0.15) is 6.42 Å². The molecule has 0 N–H and O–H groups in total. The Labute approximate surface area is 34.0 Å². The normalized spacial score (nSPS) is 20.8. The van der Waals surface area contributed by atoms with Crippen molar-refractivity contribution in [2.75, 3.05) is 6.54 Å². The molecule has 1 rings (SSSR count). The second-order valence-corrected chi connectivity index (χ2v) is 2.28. The Morgan fingerprint density at radius 2 is 2.60 bits per heavy atom. The number of hydrogen-bond donors (Lipinski definition) is 0. The van der Waals surface area contributed by atoms with Crippen molar-refractivity contribution in [3.63, 3.8) is 0 Å². The second-order valence-electron chi connectivity index (χ2n) is 1.14. The molecular formula is C3H6NSi. The first-order chi connectivity index (χ1) is 2.50. The third-order valence-electron chi connectivity index (χ3n) is 0.670. The van der Waals surface area contributed by atoms with Crippen LogP contribution >= 0.6 is 0 Å². The lowest BCUT2D eigenvalue weighted by molar-refractivity contribution is 0.985. The Balaban J connectivity index is 2.32. The summed E-state index contributed by atoms with van der Waals surface area (Å²) in [4.78, 5) is 0. The van der Waals surface area contributed by atoms with Gasteiger partial charge in [-0.3, -0.25) is 0 Å².